The Labute approximate surface area is 279 Å². The summed E-state index contributed by atoms with van der Waals surface area (Å²) in [5.41, 5.74) is 13.1. The minimum absolute atomic E-state index is 0.211. The summed E-state index contributed by atoms with van der Waals surface area (Å²) in [4.78, 5) is 9.95. The Morgan fingerprint density at radius 1 is 1.07 bits per heavy atom. The van der Waals surface area contributed by atoms with Gasteiger partial charge in [-0.2, -0.15) is 5.10 Å². The monoisotopic (exact) mass is 619 g/mol. The van der Waals surface area contributed by atoms with E-state index in [2.05, 4.69) is 120 Å². The second-order valence-electron chi connectivity index (χ2n) is 14.3. The highest BCUT2D eigenvalue weighted by atomic mass is 15.3. The van der Waals surface area contributed by atoms with Crippen molar-refractivity contribution >= 4 is 11.2 Å². The molecule has 2 aromatic heterocycles. The lowest BCUT2D eigenvalue weighted by Gasteiger charge is -2.45. The first-order valence-electron chi connectivity index (χ1n) is 17.2. The molecule has 0 spiro atoms. The second-order valence-corrected chi connectivity index (χ2v) is 14.3. The molecule has 0 amide bonds. The van der Waals surface area contributed by atoms with Crippen LogP contribution in [0.1, 0.15) is 98.4 Å². The van der Waals surface area contributed by atoms with Crippen LogP contribution in [0.2, 0.25) is 0 Å². The molecule has 2 aromatic rings. The lowest BCUT2D eigenvalue weighted by Crippen LogP contribution is -2.51. The zero-order chi connectivity index (χ0) is 33.6. The number of hydrogen-bond acceptors (Lipinski definition) is 4. The van der Waals surface area contributed by atoms with Gasteiger partial charge in [0.1, 0.15) is 0 Å². The van der Waals surface area contributed by atoms with Gasteiger partial charge < -0.3 is 9.80 Å². The number of rotatable bonds is 13. The predicted molar refractivity (Wildman–Crippen MR) is 197 cm³/mol. The number of piperazine rings is 1. The van der Waals surface area contributed by atoms with Crippen LogP contribution in [0.4, 0.5) is 0 Å². The van der Waals surface area contributed by atoms with E-state index in [1.165, 1.54) is 39.1 Å². The van der Waals surface area contributed by atoms with Crippen molar-refractivity contribution in [1.82, 2.24) is 24.4 Å². The molecule has 1 atom stereocenters. The van der Waals surface area contributed by atoms with E-state index in [0.717, 1.165) is 80.9 Å². The van der Waals surface area contributed by atoms with Gasteiger partial charge in [0.05, 0.1) is 17.6 Å². The van der Waals surface area contributed by atoms with E-state index in [4.69, 9.17) is 4.98 Å². The van der Waals surface area contributed by atoms with E-state index < -0.39 is 0 Å². The van der Waals surface area contributed by atoms with Crippen LogP contribution in [0, 0.1) is 12.3 Å². The lowest BCUT2D eigenvalue weighted by molar-refractivity contribution is 0.117. The molecule has 0 radical (unpaired) electrons. The first-order chi connectivity index (χ1) is 21.8. The Bertz CT molecular complexity index is 1610. The normalized spacial score (nSPS) is 18.3. The molecule has 4 rings (SSSR count). The molecule has 1 unspecified atom stereocenters. The van der Waals surface area contributed by atoms with Crippen molar-refractivity contribution < 1.29 is 0 Å². The quantitative estimate of drug-likeness (QED) is 0.209. The van der Waals surface area contributed by atoms with Crippen LogP contribution in [-0.2, 0) is 0 Å². The van der Waals surface area contributed by atoms with E-state index in [1.54, 1.807) is 0 Å². The number of aromatic nitrogens is 3. The highest BCUT2D eigenvalue weighted by Crippen LogP contribution is 2.38. The Kier molecular flexibility index (Phi) is 11.5. The molecule has 5 heteroatoms. The van der Waals surface area contributed by atoms with Crippen LogP contribution in [0.5, 0.6) is 0 Å². The highest BCUT2D eigenvalue weighted by Gasteiger charge is 2.29. The summed E-state index contributed by atoms with van der Waals surface area (Å²) in [5, 5.41) is 4.63. The van der Waals surface area contributed by atoms with Crippen LogP contribution >= 0.6 is 0 Å². The average molecular weight is 620 g/mol. The predicted octanol–water partition coefficient (Wildman–Crippen LogP) is 10.2. The molecule has 1 fully saturated rings. The van der Waals surface area contributed by atoms with E-state index in [1.807, 2.05) is 23.6 Å². The summed E-state index contributed by atoms with van der Waals surface area (Å²) in [6.07, 6.45) is 19.2. The molecule has 5 nitrogen and oxygen atoms in total. The molecule has 2 aliphatic rings. The van der Waals surface area contributed by atoms with E-state index in [0.29, 0.717) is 6.04 Å². The van der Waals surface area contributed by atoms with E-state index in [-0.39, 0.29) is 5.41 Å². The third-order valence-corrected chi connectivity index (χ3v) is 9.27. The molecule has 46 heavy (non-hydrogen) atoms. The lowest BCUT2D eigenvalue weighted by atomic mass is 9.89. The Morgan fingerprint density at radius 2 is 1.83 bits per heavy atom. The van der Waals surface area contributed by atoms with Crippen LogP contribution in [-0.4, -0.2) is 50.1 Å². The number of nitrogens with zero attached hydrogens (tertiary/aromatic N) is 5. The zero-order valence-corrected chi connectivity index (χ0v) is 29.9. The molecule has 1 aliphatic carbocycles. The van der Waals surface area contributed by atoms with Crippen molar-refractivity contribution in [2.45, 2.75) is 100.0 Å². The van der Waals surface area contributed by atoms with Crippen LogP contribution in [0.25, 0.3) is 11.2 Å². The molecule has 3 heterocycles. The number of hydrogen-bond donors (Lipinski definition) is 0. The average Bonchev–Trinajstić information content (AvgIpc) is 3.63. The molecule has 0 N–H and O–H groups in total. The minimum Gasteiger partial charge on any atom is -0.371 e. The maximum Gasteiger partial charge on any atom is 0.154 e. The van der Waals surface area contributed by atoms with Crippen molar-refractivity contribution in [3.63, 3.8) is 0 Å². The summed E-state index contributed by atoms with van der Waals surface area (Å²) in [6, 6.07) is 4.38. The fourth-order valence-electron chi connectivity index (χ4n) is 6.46. The minimum atomic E-state index is 0.211. The van der Waals surface area contributed by atoms with Gasteiger partial charge in [0, 0.05) is 43.5 Å². The SMILES string of the molecule is C=C(CCC1CN(C(=C)CC(C)(C)C)CCN1C(=C)/C=C\C(=C/C)CC)C1=C(/C=C(\C)CC)CC(c2cn3nc(C)ccc3n2)=C1. The summed E-state index contributed by atoms with van der Waals surface area (Å²) in [7, 11) is 0. The van der Waals surface area contributed by atoms with Gasteiger partial charge in [0.2, 0.25) is 0 Å². The topological polar surface area (TPSA) is 36.7 Å². The van der Waals surface area contributed by atoms with Gasteiger partial charge in [-0.25, -0.2) is 9.50 Å². The van der Waals surface area contributed by atoms with Gasteiger partial charge in [-0.1, -0.05) is 83.7 Å². The second kappa shape index (κ2) is 15.2. The first-order valence-corrected chi connectivity index (χ1v) is 17.2. The largest absolute Gasteiger partial charge is 0.371 e. The number of allylic oxidation sites excluding steroid dienone is 12. The maximum absolute atomic E-state index is 4.92. The van der Waals surface area contributed by atoms with Gasteiger partial charge in [-0.05, 0) is 105 Å². The van der Waals surface area contributed by atoms with Crippen molar-refractivity contribution in [3.8, 4) is 0 Å². The smallest absolute Gasteiger partial charge is 0.154 e. The standard InChI is InChI=1S/C41H57N5/c1-12-29(4)23-35-24-36(39-28-46-40(42-39)20-16-31(6)43-46)25-38(35)30(5)15-19-37-27-44(33(8)26-41(9,10)11)21-22-45(37)32(7)17-18-34(13-2)14-3/h13,16-18,20,23,25,28,37H,5,7-8,12,14-15,19,21-22,24,26-27H2,1-4,6,9-11H3/b18-17-,29-23+,34-13-. The fraction of sp³-hybridized carbons (Fsp3) is 0.463. The van der Waals surface area contributed by atoms with Crippen molar-refractivity contribution in [2.24, 2.45) is 5.41 Å². The number of aryl methyl sites for hydroxylation is 1. The zero-order valence-electron chi connectivity index (χ0n) is 29.9. The summed E-state index contributed by atoms with van der Waals surface area (Å²) in [6.45, 7) is 34.2. The van der Waals surface area contributed by atoms with Gasteiger partial charge >= 0.3 is 0 Å². The molecular weight excluding hydrogens is 562 g/mol. The van der Waals surface area contributed by atoms with Crippen molar-refractivity contribution in [2.75, 3.05) is 19.6 Å². The Balaban J connectivity index is 1.58. The maximum atomic E-state index is 4.92. The molecule has 1 saturated heterocycles. The summed E-state index contributed by atoms with van der Waals surface area (Å²) in [5.74, 6) is 0. The Hall–Kier alpha value is -3.86. The van der Waals surface area contributed by atoms with E-state index in [9.17, 15) is 0 Å². The molecule has 0 saturated carbocycles. The van der Waals surface area contributed by atoms with Crippen LogP contribution in [0.3, 0.4) is 0 Å². The Morgan fingerprint density at radius 3 is 2.50 bits per heavy atom. The number of fused-ring (bicyclic) bond motifs is 1. The van der Waals surface area contributed by atoms with Crippen LogP contribution in [0.15, 0.2) is 108 Å². The van der Waals surface area contributed by atoms with Gasteiger partial charge in [-0.15, -0.1) is 0 Å². The highest BCUT2D eigenvalue weighted by molar-refractivity contribution is 5.77. The molecule has 0 aromatic carbocycles. The molecule has 0 bridgehead atoms. The number of imidazole rings is 1. The molecular formula is C41H57N5. The molecule has 1 aliphatic heterocycles. The van der Waals surface area contributed by atoms with Gasteiger partial charge in [0.15, 0.2) is 5.65 Å². The van der Waals surface area contributed by atoms with Gasteiger partial charge in [-0.3, -0.25) is 0 Å². The van der Waals surface area contributed by atoms with Gasteiger partial charge in [0.25, 0.3) is 0 Å². The molecule has 246 valence electrons. The van der Waals surface area contributed by atoms with Crippen molar-refractivity contribution in [3.05, 3.63) is 119 Å². The van der Waals surface area contributed by atoms with Crippen LogP contribution < -0.4 is 0 Å². The summed E-state index contributed by atoms with van der Waals surface area (Å²) < 4.78 is 1.89. The third-order valence-electron chi connectivity index (χ3n) is 9.27. The first kappa shape index (κ1) is 35.0. The summed E-state index contributed by atoms with van der Waals surface area (Å²) >= 11 is 0. The van der Waals surface area contributed by atoms with Crippen molar-refractivity contribution in [1.29, 1.82) is 0 Å². The third kappa shape index (κ3) is 8.90. The van der Waals surface area contributed by atoms with E-state index >= 15 is 0 Å². The fourth-order valence-corrected chi connectivity index (χ4v) is 6.46.